The average molecular weight is 309 g/mol. The molecule has 0 bridgehead atoms. The van der Waals surface area contributed by atoms with Gasteiger partial charge in [-0.2, -0.15) is 0 Å². The van der Waals surface area contributed by atoms with E-state index in [1.807, 2.05) is 0 Å². The molecule has 0 aliphatic rings. The third-order valence-corrected chi connectivity index (χ3v) is 3.23. The largest absolute Gasteiger partial charge is 0.508 e. The zero-order chi connectivity index (χ0) is 14.3. The van der Waals surface area contributed by atoms with Crippen LogP contribution in [0.4, 0.5) is 0 Å². The number of hydrogen-bond acceptors (Lipinski definition) is 5. The molecule has 0 aliphatic carbocycles. The van der Waals surface area contributed by atoms with Gasteiger partial charge < -0.3 is 10.1 Å². The predicted octanol–water partition coefficient (Wildman–Crippen LogP) is 2.39. The zero-order valence-electron chi connectivity index (χ0n) is 9.76. The number of benzene rings is 1. The van der Waals surface area contributed by atoms with Crippen molar-refractivity contribution in [2.45, 2.75) is 0 Å². The molecule has 0 saturated carbocycles. The Balaban J connectivity index is 2.26. The van der Waals surface area contributed by atoms with Gasteiger partial charge in [-0.05, 0) is 24.3 Å². The van der Waals surface area contributed by atoms with Gasteiger partial charge >= 0.3 is 0 Å². The van der Waals surface area contributed by atoms with E-state index in [1.54, 1.807) is 12.1 Å². The topological polar surface area (TPSA) is 91.8 Å². The van der Waals surface area contributed by atoms with Crippen LogP contribution >= 0.6 is 23.2 Å². The molecule has 8 heteroatoms. The molecule has 20 heavy (non-hydrogen) atoms. The average Bonchev–Trinajstić information content (AvgIpc) is 2.42. The van der Waals surface area contributed by atoms with Gasteiger partial charge in [-0.15, -0.1) is 0 Å². The highest BCUT2D eigenvalue weighted by Crippen LogP contribution is 2.21. The van der Waals surface area contributed by atoms with Crippen molar-refractivity contribution in [2.75, 3.05) is 0 Å². The van der Waals surface area contributed by atoms with Crippen LogP contribution in [0.25, 0.3) is 22.6 Å². The highest BCUT2D eigenvalue weighted by molar-refractivity contribution is 6.40. The molecule has 1 aromatic carbocycles. The van der Waals surface area contributed by atoms with Gasteiger partial charge in [0.1, 0.15) is 11.6 Å². The Kier molecular flexibility index (Phi) is 3.04. The predicted molar refractivity (Wildman–Crippen MR) is 75.1 cm³/mol. The number of nitrogens with zero attached hydrogens (tertiary/aromatic N) is 3. The maximum absolute atomic E-state index is 12.0. The number of aromatic nitrogens is 4. The van der Waals surface area contributed by atoms with Gasteiger partial charge in [0, 0.05) is 5.56 Å². The monoisotopic (exact) mass is 308 g/mol. The summed E-state index contributed by atoms with van der Waals surface area (Å²) in [5, 5.41) is 9.18. The highest BCUT2D eigenvalue weighted by atomic mass is 35.5. The van der Waals surface area contributed by atoms with Crippen molar-refractivity contribution >= 4 is 34.4 Å². The fourth-order valence-electron chi connectivity index (χ4n) is 1.67. The van der Waals surface area contributed by atoms with Gasteiger partial charge in [0.05, 0.1) is 0 Å². The van der Waals surface area contributed by atoms with Crippen LogP contribution in [0.3, 0.4) is 0 Å². The Labute approximate surface area is 122 Å². The number of fused-ring (bicyclic) bond motifs is 1. The molecule has 3 rings (SSSR count). The maximum Gasteiger partial charge on any atom is 0.279 e. The highest BCUT2D eigenvalue weighted by Gasteiger charge is 2.11. The molecule has 2 aromatic heterocycles. The number of aromatic hydroxyl groups is 1. The van der Waals surface area contributed by atoms with Crippen LogP contribution in [0, 0.1) is 0 Å². The van der Waals surface area contributed by atoms with Crippen molar-refractivity contribution in [3.63, 3.8) is 0 Å². The second kappa shape index (κ2) is 4.73. The number of nitrogens with one attached hydrogen (secondary N) is 1. The number of aromatic amines is 1. The lowest BCUT2D eigenvalue weighted by atomic mass is 10.2. The molecule has 6 nitrogen and oxygen atoms in total. The molecule has 0 atom stereocenters. The quantitative estimate of drug-likeness (QED) is 0.720. The van der Waals surface area contributed by atoms with Crippen LogP contribution in [0.2, 0.25) is 10.3 Å². The molecular formula is C12H6Cl2N4O2. The first kappa shape index (κ1) is 12.8. The molecule has 3 aromatic rings. The first-order valence-corrected chi connectivity index (χ1v) is 6.22. The van der Waals surface area contributed by atoms with Crippen LogP contribution in [-0.2, 0) is 0 Å². The molecule has 0 aliphatic heterocycles. The Morgan fingerprint density at radius 3 is 2.35 bits per heavy atom. The van der Waals surface area contributed by atoms with E-state index in [-0.39, 0.29) is 27.2 Å². The second-order valence-electron chi connectivity index (χ2n) is 3.94. The van der Waals surface area contributed by atoms with E-state index in [9.17, 15) is 9.90 Å². The molecule has 2 heterocycles. The van der Waals surface area contributed by atoms with Crippen molar-refractivity contribution in [1.29, 1.82) is 0 Å². The Morgan fingerprint density at radius 2 is 1.65 bits per heavy atom. The van der Waals surface area contributed by atoms with Gasteiger partial charge in [0.25, 0.3) is 5.56 Å². The van der Waals surface area contributed by atoms with Gasteiger partial charge in [0.2, 0.25) is 0 Å². The summed E-state index contributed by atoms with van der Waals surface area (Å²) in [5.41, 5.74) is 0.270. The van der Waals surface area contributed by atoms with E-state index >= 15 is 0 Å². The molecule has 0 unspecified atom stereocenters. The Bertz CT molecular complexity index is 862. The lowest BCUT2D eigenvalue weighted by Crippen LogP contribution is -2.12. The summed E-state index contributed by atoms with van der Waals surface area (Å²) in [6, 6.07) is 6.20. The lowest BCUT2D eigenvalue weighted by molar-refractivity contribution is 0.475. The third-order valence-electron chi connectivity index (χ3n) is 2.60. The van der Waals surface area contributed by atoms with Crippen molar-refractivity contribution in [3.8, 4) is 17.1 Å². The summed E-state index contributed by atoms with van der Waals surface area (Å²) in [7, 11) is 0. The molecule has 2 N–H and O–H groups in total. The summed E-state index contributed by atoms with van der Waals surface area (Å²) in [4.78, 5) is 26.5. The zero-order valence-corrected chi connectivity index (χ0v) is 11.3. The maximum atomic E-state index is 12.0. The van der Waals surface area contributed by atoms with E-state index in [0.717, 1.165) is 0 Å². The van der Waals surface area contributed by atoms with E-state index in [2.05, 4.69) is 19.9 Å². The molecule has 100 valence electrons. The molecule has 0 fully saturated rings. The van der Waals surface area contributed by atoms with Crippen molar-refractivity contribution in [2.24, 2.45) is 0 Å². The summed E-state index contributed by atoms with van der Waals surface area (Å²) < 4.78 is 0. The number of phenols is 1. The minimum atomic E-state index is -0.468. The molecule has 0 radical (unpaired) electrons. The number of H-pyrrole nitrogens is 1. The summed E-state index contributed by atoms with van der Waals surface area (Å²) in [5.74, 6) is 0.418. The van der Waals surface area contributed by atoms with E-state index in [4.69, 9.17) is 23.2 Å². The number of hydrogen-bond donors (Lipinski definition) is 2. The lowest BCUT2D eigenvalue weighted by Gasteiger charge is -2.03. The summed E-state index contributed by atoms with van der Waals surface area (Å²) in [6.07, 6.45) is 0. The van der Waals surface area contributed by atoms with E-state index in [0.29, 0.717) is 11.4 Å². The fourth-order valence-corrected chi connectivity index (χ4v) is 1.92. The van der Waals surface area contributed by atoms with E-state index < -0.39 is 5.56 Å². The van der Waals surface area contributed by atoms with Crippen LogP contribution in [0.15, 0.2) is 29.1 Å². The summed E-state index contributed by atoms with van der Waals surface area (Å²) in [6.45, 7) is 0. The normalized spacial score (nSPS) is 10.9. The van der Waals surface area contributed by atoms with Crippen LogP contribution in [0.1, 0.15) is 0 Å². The molecule has 0 spiro atoms. The smallest absolute Gasteiger partial charge is 0.279 e. The van der Waals surface area contributed by atoms with Gasteiger partial charge in [-0.1, -0.05) is 23.2 Å². The Hall–Kier alpha value is -2.18. The number of rotatable bonds is 1. The van der Waals surface area contributed by atoms with Gasteiger partial charge in [-0.3, -0.25) is 4.79 Å². The minimum absolute atomic E-state index is 0.0157. The molecule has 0 saturated heterocycles. The second-order valence-corrected chi connectivity index (χ2v) is 4.65. The van der Waals surface area contributed by atoms with Crippen LogP contribution < -0.4 is 5.56 Å². The molecular weight excluding hydrogens is 303 g/mol. The SMILES string of the molecule is O=c1[nH]c(-c2ccc(O)cc2)nc2nc(Cl)c(Cl)nc12. The molecule has 0 amide bonds. The van der Waals surface area contributed by atoms with Crippen LogP contribution in [-0.4, -0.2) is 25.0 Å². The summed E-state index contributed by atoms with van der Waals surface area (Å²) >= 11 is 11.5. The first-order chi connectivity index (χ1) is 9.54. The van der Waals surface area contributed by atoms with Gasteiger partial charge in [-0.25, -0.2) is 15.0 Å². The Morgan fingerprint density at radius 1 is 1.00 bits per heavy atom. The minimum Gasteiger partial charge on any atom is -0.508 e. The first-order valence-electron chi connectivity index (χ1n) is 5.47. The fraction of sp³-hybridized carbons (Fsp3) is 0. The van der Waals surface area contributed by atoms with Crippen LogP contribution in [0.5, 0.6) is 5.75 Å². The van der Waals surface area contributed by atoms with Crippen molar-refractivity contribution < 1.29 is 5.11 Å². The number of halogens is 2. The number of phenolic OH excluding ortho intramolecular Hbond substituents is 1. The van der Waals surface area contributed by atoms with Crippen molar-refractivity contribution in [3.05, 3.63) is 44.9 Å². The standard InChI is InChI=1S/C12H6Cl2N4O2/c13-8-9(14)16-11-7(15-8)12(20)18-10(17-11)5-1-3-6(19)4-2-5/h1-4,19H,(H,16,17,18,20). The van der Waals surface area contributed by atoms with Crippen molar-refractivity contribution in [1.82, 2.24) is 19.9 Å². The van der Waals surface area contributed by atoms with Gasteiger partial charge in [0.15, 0.2) is 21.5 Å². The third kappa shape index (κ3) is 2.19. The van der Waals surface area contributed by atoms with E-state index in [1.165, 1.54) is 12.1 Å².